The van der Waals surface area contributed by atoms with Crippen molar-refractivity contribution in [1.29, 1.82) is 0 Å². The Balaban J connectivity index is 2.79. The van der Waals surface area contributed by atoms with Gasteiger partial charge in [0.25, 0.3) is 0 Å². The summed E-state index contributed by atoms with van der Waals surface area (Å²) < 4.78 is 0. The van der Waals surface area contributed by atoms with Crippen LogP contribution < -0.4 is 22.1 Å². The number of hydrogen-bond donors (Lipinski definition) is 4. The van der Waals surface area contributed by atoms with Gasteiger partial charge in [-0.2, -0.15) is 0 Å². The first kappa shape index (κ1) is 13.0. The molecule has 0 spiro atoms. The summed E-state index contributed by atoms with van der Waals surface area (Å²) >= 11 is 0. The number of rotatable bonds is 3. The molecule has 1 aromatic rings. The maximum absolute atomic E-state index is 11.6. The summed E-state index contributed by atoms with van der Waals surface area (Å²) in [4.78, 5) is 22.3. The molecule has 6 N–H and O–H groups in total. The van der Waals surface area contributed by atoms with Gasteiger partial charge in [0.2, 0.25) is 5.91 Å². The molecule has 17 heavy (non-hydrogen) atoms. The molecular formula is C11H16N4O2. The van der Waals surface area contributed by atoms with Crippen molar-refractivity contribution in [2.45, 2.75) is 19.4 Å². The Labute approximate surface area is 99.4 Å². The maximum Gasteiger partial charge on any atom is 0.316 e. The maximum atomic E-state index is 11.6. The molecule has 0 aliphatic carbocycles. The van der Waals surface area contributed by atoms with Crippen molar-refractivity contribution in [1.82, 2.24) is 0 Å². The molecule has 0 aliphatic rings. The number of amides is 3. The number of nitrogens with one attached hydrogen (secondary N) is 2. The molecule has 0 atom stereocenters. The van der Waals surface area contributed by atoms with Crippen LogP contribution in [0.25, 0.3) is 0 Å². The van der Waals surface area contributed by atoms with Crippen molar-refractivity contribution in [3.05, 3.63) is 24.3 Å². The summed E-state index contributed by atoms with van der Waals surface area (Å²) in [5.74, 6) is -0.311. The van der Waals surface area contributed by atoms with Crippen LogP contribution >= 0.6 is 0 Å². The second-order valence-electron chi connectivity index (χ2n) is 4.25. The minimum atomic E-state index is -0.965. The molecule has 0 saturated heterocycles. The Morgan fingerprint density at radius 3 is 2.18 bits per heavy atom. The van der Waals surface area contributed by atoms with E-state index in [2.05, 4.69) is 10.6 Å². The molecular weight excluding hydrogens is 220 g/mol. The van der Waals surface area contributed by atoms with Crippen LogP contribution in [0.2, 0.25) is 0 Å². The van der Waals surface area contributed by atoms with Gasteiger partial charge in [0, 0.05) is 11.4 Å². The van der Waals surface area contributed by atoms with Gasteiger partial charge >= 0.3 is 6.03 Å². The van der Waals surface area contributed by atoms with E-state index in [0.29, 0.717) is 11.4 Å². The van der Waals surface area contributed by atoms with Gasteiger partial charge in [-0.1, -0.05) is 6.07 Å². The highest BCUT2D eigenvalue weighted by molar-refractivity contribution is 5.98. The standard InChI is InChI=1S/C11H16N4O2/c1-11(2,13)9(16)14-7-4-3-5-8(6-7)15-10(12)17/h3-6H,13H2,1-2H3,(H,14,16)(H3,12,15,17). The molecule has 0 radical (unpaired) electrons. The van der Waals surface area contributed by atoms with Crippen LogP contribution in [0.15, 0.2) is 24.3 Å². The highest BCUT2D eigenvalue weighted by atomic mass is 16.2. The van der Waals surface area contributed by atoms with Crippen LogP contribution in [0.3, 0.4) is 0 Å². The van der Waals surface area contributed by atoms with Gasteiger partial charge in [0.15, 0.2) is 0 Å². The predicted molar refractivity (Wildman–Crippen MR) is 66.5 cm³/mol. The smallest absolute Gasteiger partial charge is 0.316 e. The first-order valence-electron chi connectivity index (χ1n) is 5.06. The fourth-order valence-electron chi connectivity index (χ4n) is 1.11. The van der Waals surface area contributed by atoms with Crippen molar-refractivity contribution in [3.63, 3.8) is 0 Å². The van der Waals surface area contributed by atoms with Crippen molar-refractivity contribution < 1.29 is 9.59 Å². The highest BCUT2D eigenvalue weighted by Gasteiger charge is 2.21. The molecule has 0 aromatic heterocycles. The lowest BCUT2D eigenvalue weighted by Gasteiger charge is -2.18. The SMILES string of the molecule is CC(C)(N)C(=O)Nc1cccc(NC(N)=O)c1. The molecule has 92 valence electrons. The van der Waals surface area contributed by atoms with Crippen LogP contribution in [0.5, 0.6) is 0 Å². The minimum Gasteiger partial charge on any atom is -0.351 e. The third kappa shape index (κ3) is 4.12. The van der Waals surface area contributed by atoms with Gasteiger partial charge in [-0.25, -0.2) is 4.79 Å². The van der Waals surface area contributed by atoms with E-state index in [1.807, 2.05) is 0 Å². The summed E-state index contributed by atoms with van der Waals surface area (Å²) in [6.45, 7) is 3.21. The average molecular weight is 236 g/mol. The van der Waals surface area contributed by atoms with Gasteiger partial charge in [-0.05, 0) is 32.0 Å². The number of carbonyl (C=O) groups is 2. The van der Waals surface area contributed by atoms with Crippen molar-refractivity contribution in [2.24, 2.45) is 11.5 Å². The zero-order valence-corrected chi connectivity index (χ0v) is 9.78. The molecule has 0 heterocycles. The number of nitrogens with two attached hydrogens (primary N) is 2. The van der Waals surface area contributed by atoms with Gasteiger partial charge < -0.3 is 22.1 Å². The second-order valence-corrected chi connectivity index (χ2v) is 4.25. The number of urea groups is 1. The molecule has 0 unspecified atom stereocenters. The van der Waals surface area contributed by atoms with Crippen molar-refractivity contribution in [2.75, 3.05) is 10.6 Å². The van der Waals surface area contributed by atoms with E-state index in [4.69, 9.17) is 11.5 Å². The Hall–Kier alpha value is -2.08. The molecule has 0 bridgehead atoms. The van der Waals surface area contributed by atoms with E-state index in [1.54, 1.807) is 38.1 Å². The third-order valence-corrected chi connectivity index (χ3v) is 1.97. The Kier molecular flexibility index (Phi) is 3.69. The number of anilines is 2. The fraction of sp³-hybridized carbons (Fsp3) is 0.273. The van der Waals surface area contributed by atoms with Crippen LogP contribution in [-0.4, -0.2) is 17.5 Å². The van der Waals surface area contributed by atoms with Crippen molar-refractivity contribution >= 4 is 23.3 Å². The molecule has 0 fully saturated rings. The lowest BCUT2D eigenvalue weighted by molar-refractivity contribution is -0.120. The van der Waals surface area contributed by atoms with Gasteiger partial charge in [0.1, 0.15) is 0 Å². The molecule has 0 aliphatic heterocycles. The lowest BCUT2D eigenvalue weighted by Crippen LogP contribution is -2.45. The predicted octanol–water partition coefficient (Wildman–Crippen LogP) is 0.853. The molecule has 0 saturated carbocycles. The number of benzene rings is 1. The van der Waals surface area contributed by atoms with E-state index < -0.39 is 11.6 Å². The Morgan fingerprint density at radius 1 is 1.18 bits per heavy atom. The zero-order valence-electron chi connectivity index (χ0n) is 9.78. The number of primary amides is 1. The minimum absolute atomic E-state index is 0.311. The van der Waals surface area contributed by atoms with E-state index in [9.17, 15) is 9.59 Å². The Morgan fingerprint density at radius 2 is 1.71 bits per heavy atom. The third-order valence-electron chi connectivity index (χ3n) is 1.97. The second kappa shape index (κ2) is 4.84. The first-order chi connectivity index (χ1) is 7.79. The highest BCUT2D eigenvalue weighted by Crippen LogP contribution is 2.15. The van der Waals surface area contributed by atoms with Crippen LogP contribution in [0.4, 0.5) is 16.2 Å². The topological polar surface area (TPSA) is 110 Å². The molecule has 3 amide bonds. The van der Waals surface area contributed by atoms with E-state index >= 15 is 0 Å². The summed E-state index contributed by atoms with van der Waals surface area (Å²) in [7, 11) is 0. The Bertz CT molecular complexity index is 437. The number of hydrogen-bond acceptors (Lipinski definition) is 3. The summed E-state index contributed by atoms with van der Waals surface area (Å²) in [5, 5.41) is 5.05. The zero-order chi connectivity index (χ0) is 13.1. The van der Waals surface area contributed by atoms with Gasteiger partial charge in [-0.3, -0.25) is 4.79 Å². The summed E-state index contributed by atoms with van der Waals surface area (Å²) in [5.41, 5.74) is 10.7. The monoisotopic (exact) mass is 236 g/mol. The van der Waals surface area contributed by atoms with E-state index in [0.717, 1.165) is 0 Å². The molecule has 6 heteroatoms. The molecule has 1 rings (SSSR count). The summed E-state index contributed by atoms with van der Waals surface area (Å²) in [6, 6.07) is 5.97. The van der Waals surface area contributed by atoms with E-state index in [1.165, 1.54) is 0 Å². The average Bonchev–Trinajstić information content (AvgIpc) is 2.15. The quantitative estimate of drug-likeness (QED) is 0.624. The lowest BCUT2D eigenvalue weighted by atomic mass is 10.1. The first-order valence-corrected chi connectivity index (χ1v) is 5.06. The molecule has 1 aromatic carbocycles. The van der Waals surface area contributed by atoms with Crippen LogP contribution in [-0.2, 0) is 4.79 Å². The van der Waals surface area contributed by atoms with Crippen molar-refractivity contribution in [3.8, 4) is 0 Å². The van der Waals surface area contributed by atoms with Gasteiger partial charge in [0.05, 0.1) is 5.54 Å². The van der Waals surface area contributed by atoms with Crippen LogP contribution in [0, 0.1) is 0 Å². The van der Waals surface area contributed by atoms with Crippen LogP contribution in [0.1, 0.15) is 13.8 Å². The molecule has 6 nitrogen and oxygen atoms in total. The summed E-state index contributed by atoms with van der Waals surface area (Å²) in [6.07, 6.45) is 0. The normalized spacial score (nSPS) is 10.8. The fourth-order valence-corrected chi connectivity index (χ4v) is 1.11. The van der Waals surface area contributed by atoms with E-state index in [-0.39, 0.29) is 5.91 Å². The number of carbonyl (C=O) groups excluding carboxylic acids is 2. The largest absolute Gasteiger partial charge is 0.351 e. The van der Waals surface area contributed by atoms with Gasteiger partial charge in [-0.15, -0.1) is 0 Å².